The highest BCUT2D eigenvalue weighted by Crippen LogP contribution is 2.57. The Morgan fingerprint density at radius 3 is 1.26 bits per heavy atom. The summed E-state index contributed by atoms with van der Waals surface area (Å²) in [5.41, 5.74) is 11.2. The van der Waals surface area contributed by atoms with Gasteiger partial charge in [0.15, 0.2) is 0 Å². The molecule has 242 valence electrons. The maximum absolute atomic E-state index is 11.8. The molecule has 0 spiro atoms. The van der Waals surface area contributed by atoms with E-state index in [9.17, 15) is 9.59 Å². The van der Waals surface area contributed by atoms with Gasteiger partial charge in [-0.2, -0.15) is 0 Å². The van der Waals surface area contributed by atoms with Crippen LogP contribution in [-0.4, -0.2) is 38.4 Å². The van der Waals surface area contributed by atoms with Crippen molar-refractivity contribution in [3.05, 3.63) is 142 Å². The van der Waals surface area contributed by atoms with E-state index in [1.165, 1.54) is 22.3 Å². The highest BCUT2D eigenvalue weighted by molar-refractivity contribution is 5.88. The van der Waals surface area contributed by atoms with Crippen molar-refractivity contribution in [2.45, 2.75) is 47.0 Å². The Kier molecular flexibility index (Phi) is 9.71. The average molecular weight is 631 g/mol. The van der Waals surface area contributed by atoms with Crippen LogP contribution in [0.4, 0.5) is 0 Å². The van der Waals surface area contributed by atoms with Crippen molar-refractivity contribution < 1.29 is 28.5 Å². The molecule has 47 heavy (non-hydrogen) atoms. The van der Waals surface area contributed by atoms with Crippen LogP contribution < -0.4 is 9.47 Å². The lowest BCUT2D eigenvalue weighted by Crippen LogP contribution is -2.29. The van der Waals surface area contributed by atoms with Gasteiger partial charge in [-0.15, -0.1) is 0 Å². The van der Waals surface area contributed by atoms with Crippen molar-refractivity contribution in [3.8, 4) is 22.6 Å². The topological polar surface area (TPSA) is 71.1 Å². The Balaban J connectivity index is 1.58. The van der Waals surface area contributed by atoms with Crippen molar-refractivity contribution in [3.63, 3.8) is 0 Å². The van der Waals surface area contributed by atoms with Crippen LogP contribution in [0.3, 0.4) is 0 Å². The number of rotatable bonds is 12. The van der Waals surface area contributed by atoms with Crippen LogP contribution in [0.2, 0.25) is 0 Å². The van der Waals surface area contributed by atoms with Gasteiger partial charge < -0.3 is 18.9 Å². The number of carbonyl (C=O) groups excluding carboxylic acids is 2. The molecule has 5 rings (SSSR count). The number of aryl methyl sites for hydroxylation is 4. The number of hydrogen-bond donors (Lipinski definition) is 0. The molecule has 0 aromatic heterocycles. The first-order valence-corrected chi connectivity index (χ1v) is 15.8. The Bertz CT molecular complexity index is 1700. The number of ether oxygens (including phenoxy) is 4. The summed E-state index contributed by atoms with van der Waals surface area (Å²) in [5.74, 6) is 0.703. The molecule has 0 bridgehead atoms. The third-order valence-corrected chi connectivity index (χ3v) is 8.56. The molecule has 0 heterocycles. The van der Waals surface area contributed by atoms with Crippen LogP contribution in [0.15, 0.2) is 97.1 Å². The number of benzene rings is 4. The van der Waals surface area contributed by atoms with Crippen LogP contribution in [0.5, 0.6) is 11.5 Å². The predicted octanol–water partition coefficient (Wildman–Crippen LogP) is 8.28. The Labute approximate surface area is 277 Å². The van der Waals surface area contributed by atoms with Gasteiger partial charge in [-0.25, -0.2) is 9.59 Å². The molecule has 0 radical (unpaired) electrons. The zero-order valence-electron chi connectivity index (χ0n) is 28.1. The lowest BCUT2D eigenvalue weighted by atomic mass is 9.66. The molecule has 0 amide bonds. The Morgan fingerprint density at radius 1 is 0.574 bits per heavy atom. The molecule has 0 atom stereocenters. The van der Waals surface area contributed by atoms with Gasteiger partial charge in [-0.05, 0) is 97.2 Å². The zero-order valence-corrected chi connectivity index (χ0v) is 28.1. The van der Waals surface area contributed by atoms with E-state index in [1.807, 2.05) is 0 Å². The van der Waals surface area contributed by atoms with E-state index in [0.29, 0.717) is 11.1 Å². The zero-order chi connectivity index (χ0) is 33.9. The fourth-order valence-electron chi connectivity index (χ4n) is 6.62. The SMILES string of the molecule is C=C(C)C(=O)OCCOc1c(C)cc(C2(c3cc(C)c(OCCOC(=O)C(=C)C)c(C)c3)c3ccccc3-c3ccccc32)cc1C. The highest BCUT2D eigenvalue weighted by atomic mass is 16.6. The maximum atomic E-state index is 11.8. The molecular weight excluding hydrogens is 588 g/mol. The van der Waals surface area contributed by atoms with Gasteiger partial charge in [-0.3, -0.25) is 0 Å². The van der Waals surface area contributed by atoms with Crippen molar-refractivity contribution in [1.82, 2.24) is 0 Å². The van der Waals surface area contributed by atoms with Gasteiger partial charge in [0.05, 0.1) is 5.41 Å². The summed E-state index contributed by atoms with van der Waals surface area (Å²) >= 11 is 0. The molecule has 0 aliphatic heterocycles. The predicted molar refractivity (Wildman–Crippen MR) is 185 cm³/mol. The quantitative estimate of drug-likeness (QED) is 0.0785. The molecule has 0 fully saturated rings. The van der Waals surface area contributed by atoms with Gasteiger partial charge in [0.1, 0.15) is 37.9 Å². The van der Waals surface area contributed by atoms with Gasteiger partial charge >= 0.3 is 11.9 Å². The van der Waals surface area contributed by atoms with Crippen LogP contribution in [0, 0.1) is 27.7 Å². The largest absolute Gasteiger partial charge is 0.489 e. The second-order valence-corrected chi connectivity index (χ2v) is 12.2. The summed E-state index contributed by atoms with van der Waals surface area (Å²) in [5, 5.41) is 0. The summed E-state index contributed by atoms with van der Waals surface area (Å²) in [7, 11) is 0. The van der Waals surface area contributed by atoms with Crippen LogP contribution in [0.1, 0.15) is 58.4 Å². The normalized spacial score (nSPS) is 12.5. The summed E-state index contributed by atoms with van der Waals surface area (Å²) in [6.45, 7) is 19.5. The number of hydrogen-bond acceptors (Lipinski definition) is 6. The molecule has 0 unspecified atom stereocenters. The molecular formula is C41H42O6. The Morgan fingerprint density at radius 2 is 0.915 bits per heavy atom. The minimum Gasteiger partial charge on any atom is -0.489 e. The van der Waals surface area contributed by atoms with Gasteiger partial charge in [-0.1, -0.05) is 86.0 Å². The van der Waals surface area contributed by atoms with Crippen LogP contribution in [-0.2, 0) is 24.5 Å². The second-order valence-electron chi connectivity index (χ2n) is 12.2. The third kappa shape index (κ3) is 6.33. The Hall–Kier alpha value is -5.10. The standard InChI is InChI=1S/C41H42O6/c1-25(2)39(42)46-19-17-44-37-27(5)21-31(22-28(37)6)41(35-15-11-9-13-33(35)34-14-10-12-16-36(34)41)32-23-29(7)38(30(8)24-32)45-18-20-47-40(43)26(3)4/h9-16,21-24H,1,3,17-20H2,2,4-8H3. The number of fused-ring (bicyclic) bond motifs is 3. The minimum absolute atomic E-state index is 0.139. The summed E-state index contributed by atoms with van der Waals surface area (Å²) in [6.07, 6.45) is 0. The lowest BCUT2D eigenvalue weighted by Gasteiger charge is -2.35. The first-order valence-electron chi connectivity index (χ1n) is 15.8. The molecule has 0 saturated heterocycles. The monoisotopic (exact) mass is 630 g/mol. The minimum atomic E-state index is -0.608. The molecule has 6 heteroatoms. The van der Waals surface area contributed by atoms with E-state index in [-0.39, 0.29) is 26.4 Å². The summed E-state index contributed by atoms with van der Waals surface area (Å²) in [6, 6.07) is 26.1. The molecule has 6 nitrogen and oxygen atoms in total. The second kappa shape index (κ2) is 13.7. The maximum Gasteiger partial charge on any atom is 0.333 e. The van der Waals surface area contributed by atoms with E-state index in [0.717, 1.165) is 44.9 Å². The van der Waals surface area contributed by atoms with Gasteiger partial charge in [0, 0.05) is 11.1 Å². The summed E-state index contributed by atoms with van der Waals surface area (Å²) in [4.78, 5) is 23.7. The van der Waals surface area contributed by atoms with E-state index in [2.05, 4.69) is 114 Å². The molecule has 4 aromatic carbocycles. The molecule has 1 aliphatic rings. The molecule has 1 aliphatic carbocycles. The highest BCUT2D eigenvalue weighted by Gasteiger charge is 2.46. The van der Waals surface area contributed by atoms with Crippen LogP contribution in [0.25, 0.3) is 11.1 Å². The van der Waals surface area contributed by atoms with E-state index in [1.54, 1.807) is 13.8 Å². The fraction of sp³-hybridized carbons (Fsp3) is 0.268. The van der Waals surface area contributed by atoms with Gasteiger partial charge in [0.25, 0.3) is 0 Å². The smallest absolute Gasteiger partial charge is 0.333 e. The number of esters is 2. The molecule has 0 saturated carbocycles. The van der Waals surface area contributed by atoms with E-state index < -0.39 is 17.4 Å². The van der Waals surface area contributed by atoms with Crippen LogP contribution >= 0.6 is 0 Å². The van der Waals surface area contributed by atoms with Crippen molar-refractivity contribution in [2.75, 3.05) is 26.4 Å². The van der Waals surface area contributed by atoms with Crippen molar-refractivity contribution >= 4 is 11.9 Å². The average Bonchev–Trinajstić information content (AvgIpc) is 3.34. The summed E-state index contributed by atoms with van der Waals surface area (Å²) < 4.78 is 22.8. The van der Waals surface area contributed by atoms with Crippen molar-refractivity contribution in [2.24, 2.45) is 0 Å². The van der Waals surface area contributed by atoms with E-state index >= 15 is 0 Å². The lowest BCUT2D eigenvalue weighted by molar-refractivity contribution is -0.140. The first kappa shape index (κ1) is 33.3. The molecule has 4 aromatic rings. The van der Waals surface area contributed by atoms with Gasteiger partial charge in [0.2, 0.25) is 0 Å². The van der Waals surface area contributed by atoms with Crippen molar-refractivity contribution in [1.29, 1.82) is 0 Å². The number of carbonyl (C=O) groups is 2. The third-order valence-electron chi connectivity index (χ3n) is 8.56. The van der Waals surface area contributed by atoms with E-state index in [4.69, 9.17) is 18.9 Å². The molecule has 0 N–H and O–H groups in total. The first-order chi connectivity index (χ1) is 22.5. The fourth-order valence-corrected chi connectivity index (χ4v) is 6.62.